The minimum atomic E-state index is 0.329. The number of allylic oxidation sites excluding steroid dienone is 1. The lowest BCUT2D eigenvalue weighted by atomic mass is 9.85. The molecular formula is C14H25N. The molecule has 1 nitrogen and oxygen atoms in total. The standard InChI is InChI=1S/C14H25N/c1-14(2,3)9-8-12-10-11-6-4-5-7-13(11)15-12/h8-9,11-13,15H,4-7,10H2,1-3H3/b9-8+. The van der Waals surface area contributed by atoms with Gasteiger partial charge in [-0.2, -0.15) is 0 Å². The molecule has 86 valence electrons. The highest BCUT2D eigenvalue weighted by atomic mass is 15.0. The van der Waals surface area contributed by atoms with E-state index in [-0.39, 0.29) is 0 Å². The fraction of sp³-hybridized carbons (Fsp3) is 0.857. The van der Waals surface area contributed by atoms with E-state index in [0.29, 0.717) is 11.5 Å². The summed E-state index contributed by atoms with van der Waals surface area (Å²) in [4.78, 5) is 0. The van der Waals surface area contributed by atoms with Gasteiger partial charge in [-0.25, -0.2) is 0 Å². The maximum atomic E-state index is 3.78. The molecule has 0 bridgehead atoms. The van der Waals surface area contributed by atoms with Crippen molar-refractivity contribution in [1.82, 2.24) is 5.32 Å². The Labute approximate surface area is 94.3 Å². The number of hydrogen-bond donors (Lipinski definition) is 1. The van der Waals surface area contributed by atoms with Gasteiger partial charge < -0.3 is 5.32 Å². The molecule has 0 aromatic heterocycles. The Bertz CT molecular complexity index is 222. The Morgan fingerprint density at radius 2 is 1.87 bits per heavy atom. The van der Waals surface area contributed by atoms with Gasteiger partial charge in [-0.05, 0) is 30.6 Å². The predicted octanol–water partition coefficient (Wildman–Crippen LogP) is 3.51. The summed E-state index contributed by atoms with van der Waals surface area (Å²) in [6.07, 6.45) is 11.9. The van der Waals surface area contributed by atoms with E-state index in [0.717, 1.165) is 12.0 Å². The van der Waals surface area contributed by atoms with E-state index in [9.17, 15) is 0 Å². The number of fused-ring (bicyclic) bond motifs is 1. The molecule has 3 atom stereocenters. The van der Waals surface area contributed by atoms with Gasteiger partial charge in [0, 0.05) is 12.1 Å². The molecule has 1 heterocycles. The second-order valence-electron chi connectivity index (χ2n) is 6.39. The topological polar surface area (TPSA) is 12.0 Å². The lowest BCUT2D eigenvalue weighted by Crippen LogP contribution is -2.32. The first-order chi connectivity index (χ1) is 7.04. The van der Waals surface area contributed by atoms with Gasteiger partial charge in [0.2, 0.25) is 0 Å². The summed E-state index contributed by atoms with van der Waals surface area (Å²) in [5, 5.41) is 3.78. The Hall–Kier alpha value is -0.300. The number of hydrogen-bond acceptors (Lipinski definition) is 1. The van der Waals surface area contributed by atoms with Gasteiger partial charge in [0.15, 0.2) is 0 Å². The van der Waals surface area contributed by atoms with Crippen LogP contribution in [-0.2, 0) is 0 Å². The molecule has 1 saturated carbocycles. The van der Waals surface area contributed by atoms with E-state index >= 15 is 0 Å². The third-order valence-electron chi connectivity index (χ3n) is 3.72. The van der Waals surface area contributed by atoms with Crippen molar-refractivity contribution in [2.75, 3.05) is 0 Å². The molecule has 1 N–H and O–H groups in total. The van der Waals surface area contributed by atoms with Crippen molar-refractivity contribution in [3.05, 3.63) is 12.2 Å². The average molecular weight is 207 g/mol. The molecule has 0 amide bonds. The van der Waals surface area contributed by atoms with Crippen molar-refractivity contribution in [2.45, 2.75) is 65.0 Å². The lowest BCUT2D eigenvalue weighted by molar-refractivity contribution is 0.326. The zero-order valence-electron chi connectivity index (χ0n) is 10.4. The van der Waals surface area contributed by atoms with E-state index < -0.39 is 0 Å². The van der Waals surface area contributed by atoms with Crippen LogP contribution in [0, 0.1) is 11.3 Å². The third kappa shape index (κ3) is 3.07. The van der Waals surface area contributed by atoms with Gasteiger partial charge in [0.1, 0.15) is 0 Å². The van der Waals surface area contributed by atoms with Crippen LogP contribution in [0.5, 0.6) is 0 Å². The van der Waals surface area contributed by atoms with Crippen LogP contribution in [0.1, 0.15) is 52.9 Å². The lowest BCUT2D eigenvalue weighted by Gasteiger charge is -2.24. The van der Waals surface area contributed by atoms with Crippen molar-refractivity contribution in [2.24, 2.45) is 11.3 Å². The summed E-state index contributed by atoms with van der Waals surface area (Å²) >= 11 is 0. The summed E-state index contributed by atoms with van der Waals surface area (Å²) in [6, 6.07) is 1.48. The third-order valence-corrected chi connectivity index (χ3v) is 3.72. The van der Waals surface area contributed by atoms with Crippen molar-refractivity contribution in [3.63, 3.8) is 0 Å². The number of nitrogens with one attached hydrogen (secondary N) is 1. The zero-order valence-corrected chi connectivity index (χ0v) is 10.4. The second-order valence-corrected chi connectivity index (χ2v) is 6.39. The van der Waals surface area contributed by atoms with Gasteiger partial charge in [0.05, 0.1) is 0 Å². The first-order valence-corrected chi connectivity index (χ1v) is 6.50. The Balaban J connectivity index is 1.89. The molecule has 1 saturated heterocycles. The first kappa shape index (κ1) is 11.2. The Morgan fingerprint density at radius 3 is 2.53 bits per heavy atom. The van der Waals surface area contributed by atoms with Crippen LogP contribution in [0.3, 0.4) is 0 Å². The summed E-state index contributed by atoms with van der Waals surface area (Å²) in [6.45, 7) is 6.81. The van der Waals surface area contributed by atoms with Crippen molar-refractivity contribution < 1.29 is 0 Å². The van der Waals surface area contributed by atoms with Gasteiger partial charge in [-0.15, -0.1) is 0 Å². The molecule has 1 aliphatic heterocycles. The summed E-state index contributed by atoms with van der Waals surface area (Å²) in [5.41, 5.74) is 0.329. The maximum absolute atomic E-state index is 3.78. The summed E-state index contributed by atoms with van der Waals surface area (Å²) in [5.74, 6) is 0.966. The molecule has 0 radical (unpaired) electrons. The van der Waals surface area contributed by atoms with Crippen LogP contribution >= 0.6 is 0 Å². The largest absolute Gasteiger partial charge is 0.307 e. The minimum absolute atomic E-state index is 0.329. The molecule has 1 aliphatic carbocycles. The molecule has 2 aliphatic rings. The molecule has 1 heteroatoms. The highest BCUT2D eigenvalue weighted by Gasteiger charge is 2.33. The van der Waals surface area contributed by atoms with E-state index in [2.05, 4.69) is 38.2 Å². The molecular weight excluding hydrogens is 182 g/mol. The molecule has 2 rings (SSSR count). The van der Waals surface area contributed by atoms with E-state index in [1.807, 2.05) is 0 Å². The van der Waals surface area contributed by atoms with Gasteiger partial charge >= 0.3 is 0 Å². The van der Waals surface area contributed by atoms with Gasteiger partial charge in [0.25, 0.3) is 0 Å². The fourth-order valence-corrected chi connectivity index (χ4v) is 2.92. The average Bonchev–Trinajstić information content (AvgIpc) is 2.56. The molecule has 15 heavy (non-hydrogen) atoms. The van der Waals surface area contributed by atoms with Crippen molar-refractivity contribution in [1.29, 1.82) is 0 Å². The van der Waals surface area contributed by atoms with Crippen LogP contribution in [-0.4, -0.2) is 12.1 Å². The Kier molecular flexibility index (Phi) is 3.20. The second kappa shape index (κ2) is 4.29. The smallest absolute Gasteiger partial charge is 0.0256 e. The molecule has 2 fully saturated rings. The highest BCUT2D eigenvalue weighted by molar-refractivity contribution is 5.05. The molecule has 0 spiro atoms. The van der Waals surface area contributed by atoms with Crippen LogP contribution < -0.4 is 5.32 Å². The molecule has 0 aromatic rings. The number of rotatable bonds is 1. The molecule has 3 unspecified atom stereocenters. The normalized spacial score (nSPS) is 37.1. The van der Waals surface area contributed by atoms with Gasteiger partial charge in [-0.3, -0.25) is 0 Å². The Morgan fingerprint density at radius 1 is 1.13 bits per heavy atom. The predicted molar refractivity (Wildman–Crippen MR) is 65.9 cm³/mol. The van der Waals surface area contributed by atoms with E-state index in [4.69, 9.17) is 0 Å². The van der Waals surface area contributed by atoms with E-state index in [1.54, 1.807) is 0 Å². The SMILES string of the molecule is CC(C)(C)/C=C/C1CC2CCCCC2N1. The monoisotopic (exact) mass is 207 g/mol. The summed E-state index contributed by atoms with van der Waals surface area (Å²) < 4.78 is 0. The minimum Gasteiger partial charge on any atom is -0.307 e. The van der Waals surface area contributed by atoms with E-state index in [1.165, 1.54) is 32.1 Å². The maximum Gasteiger partial charge on any atom is 0.0256 e. The highest BCUT2D eigenvalue weighted by Crippen LogP contribution is 2.33. The van der Waals surface area contributed by atoms with Crippen molar-refractivity contribution in [3.8, 4) is 0 Å². The summed E-state index contributed by atoms with van der Waals surface area (Å²) in [7, 11) is 0. The quantitative estimate of drug-likeness (QED) is 0.649. The first-order valence-electron chi connectivity index (χ1n) is 6.50. The van der Waals surface area contributed by atoms with Crippen LogP contribution in [0.25, 0.3) is 0 Å². The van der Waals surface area contributed by atoms with Gasteiger partial charge in [-0.1, -0.05) is 45.8 Å². The van der Waals surface area contributed by atoms with Crippen LogP contribution in [0.4, 0.5) is 0 Å². The fourth-order valence-electron chi connectivity index (χ4n) is 2.92. The molecule has 0 aromatic carbocycles. The van der Waals surface area contributed by atoms with Crippen molar-refractivity contribution >= 4 is 0 Å². The van der Waals surface area contributed by atoms with Crippen LogP contribution in [0.15, 0.2) is 12.2 Å². The van der Waals surface area contributed by atoms with Crippen LogP contribution in [0.2, 0.25) is 0 Å². The zero-order chi connectivity index (χ0) is 10.9.